The van der Waals surface area contributed by atoms with Gasteiger partial charge in [0.15, 0.2) is 0 Å². The first-order chi connectivity index (χ1) is 18.0. The van der Waals surface area contributed by atoms with Crippen molar-refractivity contribution < 1.29 is 14.3 Å². The summed E-state index contributed by atoms with van der Waals surface area (Å²) in [4.78, 5) is 15.1. The van der Waals surface area contributed by atoms with E-state index in [1.165, 1.54) is 29.5 Å². The molecule has 2 aliphatic rings. The van der Waals surface area contributed by atoms with Gasteiger partial charge in [-0.15, -0.1) is 0 Å². The van der Waals surface area contributed by atoms with Crippen LogP contribution >= 0.6 is 0 Å². The molecule has 3 unspecified atom stereocenters. The minimum Gasteiger partial charge on any atom is -0.487 e. The van der Waals surface area contributed by atoms with Gasteiger partial charge in [-0.2, -0.15) is 0 Å². The Morgan fingerprint density at radius 3 is 2.70 bits per heavy atom. The minimum atomic E-state index is -0.403. The zero-order valence-corrected chi connectivity index (χ0v) is 22.9. The van der Waals surface area contributed by atoms with Gasteiger partial charge in [-0.3, -0.25) is 9.69 Å². The Kier molecular flexibility index (Phi) is 10.0. The van der Waals surface area contributed by atoms with Gasteiger partial charge in [0.25, 0.3) is 0 Å². The fraction of sp³-hybridized carbons (Fsp3) is 0.581. The van der Waals surface area contributed by atoms with E-state index in [-0.39, 0.29) is 17.6 Å². The molecule has 2 aromatic carbocycles. The first-order valence-corrected chi connectivity index (χ1v) is 14.2. The molecule has 2 N–H and O–H groups in total. The van der Waals surface area contributed by atoms with Crippen molar-refractivity contribution in [3.8, 4) is 5.75 Å². The molecular formula is C31H45N3O3. The number of benzene rings is 2. The summed E-state index contributed by atoms with van der Waals surface area (Å²) in [6, 6.07) is 17.3. The summed E-state index contributed by atoms with van der Waals surface area (Å²) in [6.45, 7) is 11.1. The fourth-order valence-electron chi connectivity index (χ4n) is 5.45. The molecule has 0 spiro atoms. The van der Waals surface area contributed by atoms with Crippen molar-refractivity contribution in [3.63, 3.8) is 0 Å². The average Bonchev–Trinajstić information content (AvgIpc) is 2.92. The summed E-state index contributed by atoms with van der Waals surface area (Å²) >= 11 is 0. The fourth-order valence-corrected chi connectivity index (χ4v) is 5.45. The van der Waals surface area contributed by atoms with E-state index in [0.29, 0.717) is 19.7 Å². The SMILES string of the molecule is CCCCC1(C)CC(NCCCNC(=O)C2CN(Cc3ccccc3)CCO2)c2cc(CC)ccc2O1. The zero-order chi connectivity index (χ0) is 26.1. The summed E-state index contributed by atoms with van der Waals surface area (Å²) < 4.78 is 12.3. The third-order valence-electron chi connectivity index (χ3n) is 7.64. The second kappa shape index (κ2) is 13.4. The summed E-state index contributed by atoms with van der Waals surface area (Å²) in [7, 11) is 0. The van der Waals surface area contributed by atoms with Gasteiger partial charge in [-0.1, -0.05) is 62.7 Å². The Morgan fingerprint density at radius 2 is 1.92 bits per heavy atom. The molecule has 0 aromatic heterocycles. The molecule has 37 heavy (non-hydrogen) atoms. The molecule has 6 heteroatoms. The predicted octanol–water partition coefficient (Wildman–Crippen LogP) is 5.02. The number of nitrogens with one attached hydrogen (secondary N) is 2. The Morgan fingerprint density at radius 1 is 1.08 bits per heavy atom. The van der Waals surface area contributed by atoms with Crippen molar-refractivity contribution in [2.75, 3.05) is 32.8 Å². The second-order valence-corrected chi connectivity index (χ2v) is 10.8. The van der Waals surface area contributed by atoms with E-state index in [4.69, 9.17) is 9.47 Å². The molecule has 1 fully saturated rings. The smallest absolute Gasteiger partial charge is 0.250 e. The van der Waals surface area contributed by atoms with Crippen LogP contribution in [0.25, 0.3) is 0 Å². The lowest BCUT2D eigenvalue weighted by Crippen LogP contribution is -2.49. The van der Waals surface area contributed by atoms with Crippen LogP contribution in [0.4, 0.5) is 0 Å². The number of hydrogen-bond acceptors (Lipinski definition) is 5. The second-order valence-electron chi connectivity index (χ2n) is 10.8. The van der Waals surface area contributed by atoms with Crippen LogP contribution in [0.3, 0.4) is 0 Å². The molecule has 1 amide bonds. The summed E-state index contributed by atoms with van der Waals surface area (Å²) in [6.07, 6.45) is 5.86. The molecular weight excluding hydrogens is 462 g/mol. The number of carbonyl (C=O) groups is 1. The lowest BCUT2D eigenvalue weighted by atomic mass is 9.84. The molecule has 0 aliphatic carbocycles. The highest BCUT2D eigenvalue weighted by atomic mass is 16.5. The Labute approximate surface area is 223 Å². The van der Waals surface area contributed by atoms with E-state index in [0.717, 1.165) is 51.1 Å². The summed E-state index contributed by atoms with van der Waals surface area (Å²) in [5.41, 5.74) is 3.73. The largest absolute Gasteiger partial charge is 0.487 e. The number of rotatable bonds is 12. The third kappa shape index (κ3) is 7.79. The van der Waals surface area contributed by atoms with Gasteiger partial charge in [-0.05, 0) is 56.3 Å². The molecule has 0 bridgehead atoms. The number of aryl methyl sites for hydroxylation is 1. The molecule has 0 saturated carbocycles. The van der Waals surface area contributed by atoms with Gasteiger partial charge in [0.2, 0.25) is 5.91 Å². The van der Waals surface area contributed by atoms with Gasteiger partial charge >= 0.3 is 0 Å². The van der Waals surface area contributed by atoms with Crippen molar-refractivity contribution in [3.05, 3.63) is 65.2 Å². The number of morpholine rings is 1. The highest BCUT2D eigenvalue weighted by Gasteiger charge is 2.36. The van der Waals surface area contributed by atoms with Crippen LogP contribution in [0.1, 0.15) is 75.6 Å². The quantitative estimate of drug-likeness (QED) is 0.395. The normalized spacial score (nSPS) is 23.8. The van der Waals surface area contributed by atoms with Crippen LogP contribution < -0.4 is 15.4 Å². The highest BCUT2D eigenvalue weighted by molar-refractivity contribution is 5.81. The maximum atomic E-state index is 12.8. The predicted molar refractivity (Wildman–Crippen MR) is 149 cm³/mol. The van der Waals surface area contributed by atoms with Gasteiger partial charge in [0, 0.05) is 44.2 Å². The molecule has 2 heterocycles. The molecule has 4 rings (SSSR count). The number of nitrogens with zero attached hydrogens (tertiary/aromatic N) is 1. The van der Waals surface area contributed by atoms with Crippen LogP contribution in [0.15, 0.2) is 48.5 Å². The topological polar surface area (TPSA) is 62.8 Å². The van der Waals surface area contributed by atoms with Gasteiger partial charge in [-0.25, -0.2) is 0 Å². The molecule has 1 saturated heterocycles. The Bertz CT molecular complexity index is 998. The van der Waals surface area contributed by atoms with Crippen LogP contribution in [0.5, 0.6) is 5.75 Å². The zero-order valence-electron chi connectivity index (χ0n) is 22.9. The molecule has 2 aromatic rings. The van der Waals surface area contributed by atoms with E-state index >= 15 is 0 Å². The first-order valence-electron chi connectivity index (χ1n) is 14.2. The van der Waals surface area contributed by atoms with Gasteiger partial charge < -0.3 is 20.1 Å². The lowest BCUT2D eigenvalue weighted by Gasteiger charge is -2.41. The Balaban J connectivity index is 1.24. The molecule has 2 aliphatic heterocycles. The molecule has 202 valence electrons. The standard InChI is InChI=1S/C31H45N3O3/c1-4-6-15-31(3)21-27(26-20-24(5-2)13-14-28(26)37-31)32-16-10-17-33-30(35)29-23-34(18-19-36-29)22-25-11-8-7-9-12-25/h7-9,11-14,20,27,29,32H,4-6,10,15-19,21-23H2,1-3H3,(H,33,35). The van der Waals surface area contributed by atoms with Gasteiger partial charge in [0.05, 0.1) is 6.61 Å². The monoisotopic (exact) mass is 507 g/mol. The van der Waals surface area contributed by atoms with E-state index in [9.17, 15) is 4.79 Å². The minimum absolute atomic E-state index is 0.00565. The Hall–Kier alpha value is -2.41. The van der Waals surface area contributed by atoms with Crippen molar-refractivity contribution >= 4 is 5.91 Å². The maximum absolute atomic E-state index is 12.8. The average molecular weight is 508 g/mol. The van der Waals surface area contributed by atoms with E-state index in [1.54, 1.807) is 0 Å². The number of fused-ring (bicyclic) bond motifs is 1. The number of carbonyl (C=O) groups excluding carboxylic acids is 1. The lowest BCUT2D eigenvalue weighted by molar-refractivity contribution is -0.138. The molecule has 3 atom stereocenters. The van der Waals surface area contributed by atoms with Crippen molar-refractivity contribution in [2.45, 2.75) is 83.6 Å². The summed E-state index contributed by atoms with van der Waals surface area (Å²) in [5, 5.41) is 6.88. The van der Waals surface area contributed by atoms with Crippen LogP contribution in [-0.2, 0) is 22.5 Å². The van der Waals surface area contributed by atoms with Crippen LogP contribution in [0.2, 0.25) is 0 Å². The number of ether oxygens (including phenoxy) is 2. The molecule has 6 nitrogen and oxygen atoms in total. The van der Waals surface area contributed by atoms with Gasteiger partial charge in [0.1, 0.15) is 17.5 Å². The van der Waals surface area contributed by atoms with Crippen LogP contribution in [-0.4, -0.2) is 55.3 Å². The van der Waals surface area contributed by atoms with Crippen LogP contribution in [0, 0.1) is 0 Å². The number of unbranched alkanes of at least 4 members (excludes halogenated alkanes) is 1. The van der Waals surface area contributed by atoms with E-state index < -0.39 is 6.10 Å². The summed E-state index contributed by atoms with van der Waals surface area (Å²) in [5.74, 6) is 1.01. The van der Waals surface area contributed by atoms with Crippen molar-refractivity contribution in [1.29, 1.82) is 0 Å². The molecule has 0 radical (unpaired) electrons. The van der Waals surface area contributed by atoms with E-state index in [1.807, 2.05) is 6.07 Å². The van der Waals surface area contributed by atoms with Crippen molar-refractivity contribution in [2.24, 2.45) is 0 Å². The number of amides is 1. The van der Waals surface area contributed by atoms with Crippen molar-refractivity contribution in [1.82, 2.24) is 15.5 Å². The third-order valence-corrected chi connectivity index (χ3v) is 7.64. The highest BCUT2D eigenvalue weighted by Crippen LogP contribution is 2.42. The van der Waals surface area contributed by atoms with E-state index in [2.05, 4.69) is 78.8 Å². The number of hydrogen-bond donors (Lipinski definition) is 2. The first kappa shape index (κ1) is 27.6. The maximum Gasteiger partial charge on any atom is 0.250 e.